The highest BCUT2D eigenvalue weighted by molar-refractivity contribution is 6.34. The molecule has 1 N–H and O–H groups in total. The lowest BCUT2D eigenvalue weighted by atomic mass is 10.1. The topological polar surface area (TPSA) is 55.1 Å². The van der Waals surface area contributed by atoms with Crippen molar-refractivity contribution < 1.29 is 9.32 Å². The molecule has 0 unspecified atom stereocenters. The molecule has 0 aliphatic heterocycles. The van der Waals surface area contributed by atoms with E-state index in [2.05, 4.69) is 10.5 Å². The van der Waals surface area contributed by atoms with Gasteiger partial charge in [0.2, 0.25) is 5.91 Å². The summed E-state index contributed by atoms with van der Waals surface area (Å²) in [6.07, 6.45) is 0.820. The molecule has 4 nitrogen and oxygen atoms in total. The van der Waals surface area contributed by atoms with Crippen molar-refractivity contribution in [2.75, 3.05) is 0 Å². The van der Waals surface area contributed by atoms with Crippen molar-refractivity contribution in [1.82, 2.24) is 10.5 Å². The van der Waals surface area contributed by atoms with Crippen molar-refractivity contribution in [3.63, 3.8) is 0 Å². The van der Waals surface area contributed by atoms with Gasteiger partial charge in [-0.2, -0.15) is 0 Å². The van der Waals surface area contributed by atoms with Gasteiger partial charge in [0, 0.05) is 22.0 Å². The predicted octanol–water partition coefficient (Wildman–Crippen LogP) is 3.71. The fraction of sp³-hybridized carbons (Fsp3) is 0.333. The lowest BCUT2D eigenvalue weighted by molar-refractivity contribution is -0.122. The Balaban J connectivity index is 1.58. The summed E-state index contributed by atoms with van der Waals surface area (Å²) >= 11 is 12.0. The first kappa shape index (κ1) is 14.4. The molecular weight excluding hydrogens is 311 g/mol. The molecule has 1 saturated carbocycles. The first-order chi connectivity index (χ1) is 10.0. The van der Waals surface area contributed by atoms with E-state index in [0.29, 0.717) is 16.6 Å². The normalized spacial score (nSPS) is 20.3. The van der Waals surface area contributed by atoms with Gasteiger partial charge in [-0.15, -0.1) is 0 Å². The monoisotopic (exact) mass is 324 g/mol. The zero-order valence-corrected chi connectivity index (χ0v) is 12.9. The Morgan fingerprint density at radius 3 is 2.67 bits per heavy atom. The maximum Gasteiger partial charge on any atom is 0.224 e. The molecule has 0 radical (unpaired) electrons. The van der Waals surface area contributed by atoms with Gasteiger partial charge >= 0.3 is 0 Å². The van der Waals surface area contributed by atoms with Crippen LogP contribution in [0.25, 0.3) is 0 Å². The molecule has 2 aromatic rings. The summed E-state index contributed by atoms with van der Waals surface area (Å²) in [6, 6.07) is 7.23. The van der Waals surface area contributed by atoms with Gasteiger partial charge in [-0.05, 0) is 43.0 Å². The van der Waals surface area contributed by atoms with Crippen molar-refractivity contribution >= 4 is 29.1 Å². The van der Waals surface area contributed by atoms with E-state index >= 15 is 0 Å². The summed E-state index contributed by atoms with van der Waals surface area (Å²) in [5, 5.41) is 7.92. The number of benzene rings is 1. The minimum Gasteiger partial charge on any atom is -0.361 e. The van der Waals surface area contributed by atoms with Crippen LogP contribution in [0.1, 0.15) is 29.4 Å². The molecule has 1 heterocycles. The summed E-state index contributed by atoms with van der Waals surface area (Å²) in [5.74, 6) is 0.932. The average molecular weight is 325 g/mol. The van der Waals surface area contributed by atoms with Crippen LogP contribution in [0.2, 0.25) is 10.0 Å². The predicted molar refractivity (Wildman–Crippen MR) is 80.4 cm³/mol. The first-order valence-corrected chi connectivity index (χ1v) is 7.44. The minimum atomic E-state index is -0.0208. The van der Waals surface area contributed by atoms with Gasteiger partial charge in [0.1, 0.15) is 11.5 Å². The van der Waals surface area contributed by atoms with E-state index in [1.807, 2.05) is 19.1 Å². The summed E-state index contributed by atoms with van der Waals surface area (Å²) in [6.45, 7) is 2.20. The molecule has 1 aliphatic rings. The molecule has 1 aromatic carbocycles. The summed E-state index contributed by atoms with van der Waals surface area (Å²) < 4.78 is 4.96. The second-order valence-electron chi connectivity index (χ2n) is 5.30. The number of nitrogens with zero attached hydrogens (tertiary/aromatic N) is 1. The third-order valence-corrected chi connectivity index (χ3v) is 4.00. The van der Waals surface area contributed by atoms with Crippen LogP contribution in [0.3, 0.4) is 0 Å². The largest absolute Gasteiger partial charge is 0.361 e. The van der Waals surface area contributed by atoms with Crippen LogP contribution in [0.15, 0.2) is 28.8 Å². The number of rotatable bonds is 4. The van der Waals surface area contributed by atoms with Crippen LogP contribution in [0.4, 0.5) is 0 Å². The van der Waals surface area contributed by atoms with Gasteiger partial charge in [-0.1, -0.05) is 28.4 Å². The SMILES string of the molecule is Cc1cc(CNC(=O)[C@H]2C[C@H]2c2cc(Cl)cc(Cl)c2)no1. The molecule has 3 rings (SSSR count). The Hall–Kier alpha value is -1.52. The Morgan fingerprint density at radius 2 is 2.05 bits per heavy atom. The molecule has 1 aromatic heterocycles. The van der Waals surface area contributed by atoms with Gasteiger partial charge in [0.25, 0.3) is 0 Å². The maximum absolute atomic E-state index is 12.1. The number of hydrogen-bond acceptors (Lipinski definition) is 3. The molecule has 1 aliphatic carbocycles. The molecule has 0 bridgehead atoms. The van der Waals surface area contributed by atoms with E-state index in [-0.39, 0.29) is 17.7 Å². The molecule has 0 saturated heterocycles. The van der Waals surface area contributed by atoms with Crippen molar-refractivity contribution in [2.24, 2.45) is 5.92 Å². The number of aryl methyl sites for hydroxylation is 1. The second kappa shape index (κ2) is 5.70. The van der Waals surface area contributed by atoms with Crippen LogP contribution in [-0.4, -0.2) is 11.1 Å². The smallest absolute Gasteiger partial charge is 0.224 e. The average Bonchev–Trinajstić information content (AvgIpc) is 3.12. The zero-order chi connectivity index (χ0) is 15.0. The van der Waals surface area contributed by atoms with Crippen LogP contribution >= 0.6 is 23.2 Å². The third-order valence-electron chi connectivity index (χ3n) is 3.56. The highest BCUT2D eigenvalue weighted by Crippen LogP contribution is 2.48. The Labute approximate surface area is 132 Å². The van der Waals surface area contributed by atoms with Gasteiger partial charge in [0.05, 0.1) is 6.54 Å². The van der Waals surface area contributed by atoms with E-state index in [0.717, 1.165) is 23.4 Å². The Bertz CT molecular complexity index is 664. The number of carbonyl (C=O) groups is 1. The molecule has 1 amide bonds. The highest BCUT2D eigenvalue weighted by Gasteiger charge is 2.44. The van der Waals surface area contributed by atoms with Gasteiger partial charge in [-0.3, -0.25) is 4.79 Å². The summed E-state index contributed by atoms with van der Waals surface area (Å²) in [7, 11) is 0. The molecule has 1 fully saturated rings. The first-order valence-electron chi connectivity index (χ1n) is 6.69. The van der Waals surface area contributed by atoms with Gasteiger partial charge < -0.3 is 9.84 Å². The maximum atomic E-state index is 12.1. The quantitative estimate of drug-likeness (QED) is 0.932. The molecular formula is C15H14Cl2N2O2. The van der Waals surface area contributed by atoms with Crippen molar-refractivity contribution in [1.29, 1.82) is 0 Å². The molecule has 110 valence electrons. The van der Waals surface area contributed by atoms with Gasteiger partial charge in [0.15, 0.2) is 0 Å². The van der Waals surface area contributed by atoms with E-state index in [1.165, 1.54) is 0 Å². The summed E-state index contributed by atoms with van der Waals surface area (Å²) in [5.41, 5.74) is 1.74. The number of hydrogen-bond donors (Lipinski definition) is 1. The Morgan fingerprint density at radius 1 is 1.33 bits per heavy atom. The van der Waals surface area contributed by atoms with Crippen molar-refractivity contribution in [3.05, 3.63) is 51.3 Å². The Kier molecular flexibility index (Phi) is 3.91. The molecule has 0 spiro atoms. The van der Waals surface area contributed by atoms with Crippen LogP contribution in [-0.2, 0) is 11.3 Å². The lowest BCUT2D eigenvalue weighted by Crippen LogP contribution is -2.25. The van der Waals surface area contributed by atoms with Crippen molar-refractivity contribution in [3.8, 4) is 0 Å². The van der Waals surface area contributed by atoms with E-state index in [1.54, 1.807) is 12.1 Å². The third kappa shape index (κ3) is 3.39. The lowest BCUT2D eigenvalue weighted by Gasteiger charge is -2.04. The minimum absolute atomic E-state index is 0.0208. The number of nitrogens with one attached hydrogen (secondary N) is 1. The van der Waals surface area contributed by atoms with Crippen LogP contribution in [0, 0.1) is 12.8 Å². The second-order valence-corrected chi connectivity index (χ2v) is 6.17. The van der Waals surface area contributed by atoms with Crippen LogP contribution in [0.5, 0.6) is 0 Å². The van der Waals surface area contributed by atoms with Gasteiger partial charge in [-0.25, -0.2) is 0 Å². The number of halogens is 2. The number of aromatic nitrogens is 1. The van der Waals surface area contributed by atoms with E-state index in [4.69, 9.17) is 27.7 Å². The van der Waals surface area contributed by atoms with E-state index < -0.39 is 0 Å². The number of carbonyl (C=O) groups excluding carboxylic acids is 1. The van der Waals surface area contributed by atoms with Crippen molar-refractivity contribution in [2.45, 2.75) is 25.8 Å². The fourth-order valence-corrected chi connectivity index (χ4v) is 3.00. The fourth-order valence-electron chi connectivity index (χ4n) is 2.45. The van der Waals surface area contributed by atoms with Crippen LogP contribution < -0.4 is 5.32 Å². The molecule has 2 atom stereocenters. The zero-order valence-electron chi connectivity index (χ0n) is 11.4. The highest BCUT2D eigenvalue weighted by atomic mass is 35.5. The number of amides is 1. The summed E-state index contributed by atoms with van der Waals surface area (Å²) in [4.78, 5) is 12.1. The molecule has 6 heteroatoms. The van der Waals surface area contributed by atoms with E-state index in [9.17, 15) is 4.79 Å². The standard InChI is InChI=1S/C15H14Cl2N2O2/c1-8-2-12(19-21-8)7-18-15(20)14-6-13(14)9-3-10(16)5-11(17)4-9/h2-5,13-14H,6-7H2,1H3,(H,18,20)/t13-,14-/m0/s1. The molecule has 21 heavy (non-hydrogen) atoms.